The molecule has 0 aromatic carbocycles. The lowest BCUT2D eigenvalue weighted by molar-refractivity contribution is -0.0963. The molecule has 0 aromatic rings. The van der Waals surface area contributed by atoms with E-state index < -0.39 is 0 Å². The fraction of sp³-hybridized carbons (Fsp3) is 1.00. The molecule has 2 heteroatoms. The van der Waals surface area contributed by atoms with Crippen LogP contribution in [0.4, 0.5) is 0 Å². The van der Waals surface area contributed by atoms with Crippen LogP contribution in [-0.4, -0.2) is 20.0 Å². The molecule has 1 rings (SSSR count). The summed E-state index contributed by atoms with van der Waals surface area (Å²) in [6.45, 7) is 6.78. The highest BCUT2D eigenvalue weighted by molar-refractivity contribution is 4.41. The molecule has 0 bridgehead atoms. The van der Waals surface area contributed by atoms with E-state index in [-0.39, 0.29) is 0 Å². The molecular formula is C13H28O2. The van der Waals surface area contributed by atoms with Crippen LogP contribution in [0, 0.1) is 0 Å². The van der Waals surface area contributed by atoms with Gasteiger partial charge in [0.15, 0.2) is 0 Å². The van der Waals surface area contributed by atoms with Gasteiger partial charge in [-0.2, -0.15) is 0 Å². The Morgan fingerprint density at radius 1 is 0.733 bits per heavy atom. The Balaban J connectivity index is 0.000000280. The van der Waals surface area contributed by atoms with Crippen LogP contribution in [0.15, 0.2) is 0 Å². The molecule has 0 aliphatic carbocycles. The van der Waals surface area contributed by atoms with Crippen molar-refractivity contribution in [3.63, 3.8) is 0 Å². The minimum Gasteiger partial charge on any atom is -0.355 e. The zero-order valence-corrected chi connectivity index (χ0v) is 10.6. The summed E-state index contributed by atoms with van der Waals surface area (Å²) in [6, 6.07) is 0. The standard InChI is InChI=1S/C9H20.C4H8O2/c1-3-5-7-9-8-6-4-2;1-2-5-4-6-3-1/h3-9H2,1-2H3;1-4H2. The van der Waals surface area contributed by atoms with Gasteiger partial charge in [0.05, 0.1) is 13.2 Å². The molecule has 2 nitrogen and oxygen atoms in total. The van der Waals surface area contributed by atoms with E-state index >= 15 is 0 Å². The van der Waals surface area contributed by atoms with Gasteiger partial charge in [0.2, 0.25) is 0 Å². The molecule has 0 spiro atoms. The maximum absolute atomic E-state index is 4.85. The van der Waals surface area contributed by atoms with Crippen molar-refractivity contribution in [3.8, 4) is 0 Å². The second-order valence-electron chi connectivity index (χ2n) is 4.06. The van der Waals surface area contributed by atoms with Gasteiger partial charge in [-0.25, -0.2) is 0 Å². The number of unbranched alkanes of at least 4 members (excludes halogenated alkanes) is 6. The van der Waals surface area contributed by atoms with Crippen LogP contribution < -0.4 is 0 Å². The average Bonchev–Trinajstić information content (AvgIpc) is 2.32. The first-order valence-electron chi connectivity index (χ1n) is 6.57. The summed E-state index contributed by atoms with van der Waals surface area (Å²) >= 11 is 0. The summed E-state index contributed by atoms with van der Waals surface area (Å²) in [5, 5.41) is 0. The summed E-state index contributed by atoms with van der Waals surface area (Å²) in [5.41, 5.74) is 0. The fourth-order valence-corrected chi connectivity index (χ4v) is 1.47. The first kappa shape index (κ1) is 14.9. The Bertz CT molecular complexity index is 83.2. The molecule has 0 atom stereocenters. The zero-order chi connectivity index (χ0) is 11.2. The SMILES string of the molecule is C1COCOC1.CCCCCCCCC. The van der Waals surface area contributed by atoms with E-state index in [0.29, 0.717) is 6.79 Å². The Kier molecular flexibility index (Phi) is 13.8. The van der Waals surface area contributed by atoms with E-state index in [0.717, 1.165) is 19.6 Å². The first-order valence-corrected chi connectivity index (χ1v) is 6.57. The number of rotatable bonds is 6. The monoisotopic (exact) mass is 216 g/mol. The molecule has 1 heterocycles. The van der Waals surface area contributed by atoms with E-state index in [2.05, 4.69) is 13.8 Å². The maximum Gasteiger partial charge on any atom is 0.146 e. The van der Waals surface area contributed by atoms with Crippen LogP contribution in [0.25, 0.3) is 0 Å². The quantitative estimate of drug-likeness (QED) is 0.621. The van der Waals surface area contributed by atoms with Crippen LogP contribution in [-0.2, 0) is 9.47 Å². The van der Waals surface area contributed by atoms with E-state index in [1.54, 1.807) is 0 Å². The second-order valence-corrected chi connectivity index (χ2v) is 4.06. The van der Waals surface area contributed by atoms with E-state index in [4.69, 9.17) is 9.47 Å². The van der Waals surface area contributed by atoms with Gasteiger partial charge in [0.1, 0.15) is 6.79 Å². The molecule has 1 saturated heterocycles. The minimum atomic E-state index is 0.500. The highest BCUT2D eigenvalue weighted by Gasteiger charge is 1.94. The molecule has 0 radical (unpaired) electrons. The van der Waals surface area contributed by atoms with E-state index in [1.165, 1.54) is 44.9 Å². The Labute approximate surface area is 95.3 Å². The van der Waals surface area contributed by atoms with Crippen molar-refractivity contribution >= 4 is 0 Å². The third kappa shape index (κ3) is 13.9. The molecule has 1 aliphatic rings. The number of ether oxygens (including phenoxy) is 2. The van der Waals surface area contributed by atoms with Gasteiger partial charge in [0.25, 0.3) is 0 Å². The van der Waals surface area contributed by atoms with Gasteiger partial charge in [-0.1, -0.05) is 58.8 Å². The third-order valence-corrected chi connectivity index (χ3v) is 2.45. The van der Waals surface area contributed by atoms with Crippen molar-refractivity contribution in [3.05, 3.63) is 0 Å². The molecule has 0 amide bonds. The summed E-state index contributed by atoms with van der Waals surface area (Å²) < 4.78 is 9.69. The topological polar surface area (TPSA) is 18.5 Å². The van der Waals surface area contributed by atoms with E-state index in [9.17, 15) is 0 Å². The van der Waals surface area contributed by atoms with Crippen molar-refractivity contribution in [2.75, 3.05) is 20.0 Å². The smallest absolute Gasteiger partial charge is 0.146 e. The summed E-state index contributed by atoms with van der Waals surface area (Å²) in [5.74, 6) is 0. The van der Waals surface area contributed by atoms with Crippen molar-refractivity contribution in [2.24, 2.45) is 0 Å². The van der Waals surface area contributed by atoms with Gasteiger partial charge in [-0.15, -0.1) is 0 Å². The summed E-state index contributed by atoms with van der Waals surface area (Å²) in [7, 11) is 0. The molecule has 0 N–H and O–H groups in total. The lowest BCUT2D eigenvalue weighted by Crippen LogP contribution is -2.11. The molecule has 92 valence electrons. The van der Waals surface area contributed by atoms with Crippen LogP contribution in [0.5, 0.6) is 0 Å². The van der Waals surface area contributed by atoms with Gasteiger partial charge >= 0.3 is 0 Å². The molecule has 1 fully saturated rings. The van der Waals surface area contributed by atoms with Crippen molar-refractivity contribution < 1.29 is 9.47 Å². The first-order chi connectivity index (χ1) is 7.41. The minimum absolute atomic E-state index is 0.500. The molecular weight excluding hydrogens is 188 g/mol. The molecule has 0 aromatic heterocycles. The average molecular weight is 216 g/mol. The normalized spacial score (nSPS) is 15.6. The zero-order valence-electron chi connectivity index (χ0n) is 10.6. The van der Waals surface area contributed by atoms with Crippen LogP contribution in [0.1, 0.15) is 65.2 Å². The lowest BCUT2D eigenvalue weighted by atomic mass is 10.1. The Morgan fingerprint density at radius 2 is 1.20 bits per heavy atom. The summed E-state index contributed by atoms with van der Waals surface area (Å²) in [4.78, 5) is 0. The predicted octanol–water partition coefficient (Wildman–Crippen LogP) is 4.14. The summed E-state index contributed by atoms with van der Waals surface area (Å²) in [6.07, 6.45) is 11.0. The largest absolute Gasteiger partial charge is 0.355 e. The van der Waals surface area contributed by atoms with E-state index in [1.807, 2.05) is 0 Å². The Morgan fingerprint density at radius 3 is 1.47 bits per heavy atom. The van der Waals surface area contributed by atoms with Gasteiger partial charge in [0, 0.05) is 0 Å². The van der Waals surface area contributed by atoms with Crippen molar-refractivity contribution in [1.82, 2.24) is 0 Å². The predicted molar refractivity (Wildman–Crippen MR) is 65.1 cm³/mol. The highest BCUT2D eigenvalue weighted by Crippen LogP contribution is 2.05. The van der Waals surface area contributed by atoms with Crippen molar-refractivity contribution in [2.45, 2.75) is 65.2 Å². The number of hydrogen-bond acceptors (Lipinski definition) is 2. The second kappa shape index (κ2) is 13.9. The molecule has 1 aliphatic heterocycles. The molecule has 0 unspecified atom stereocenters. The maximum atomic E-state index is 4.85. The van der Waals surface area contributed by atoms with Crippen LogP contribution in [0.3, 0.4) is 0 Å². The van der Waals surface area contributed by atoms with Gasteiger partial charge in [-0.3, -0.25) is 0 Å². The third-order valence-electron chi connectivity index (χ3n) is 2.45. The Hall–Kier alpha value is -0.0800. The number of hydrogen-bond donors (Lipinski definition) is 0. The van der Waals surface area contributed by atoms with Gasteiger partial charge in [-0.05, 0) is 6.42 Å². The van der Waals surface area contributed by atoms with Crippen LogP contribution >= 0.6 is 0 Å². The molecule has 0 saturated carbocycles. The van der Waals surface area contributed by atoms with Gasteiger partial charge < -0.3 is 9.47 Å². The molecule has 15 heavy (non-hydrogen) atoms. The lowest BCUT2D eigenvalue weighted by Gasteiger charge is -2.09. The van der Waals surface area contributed by atoms with Crippen LogP contribution in [0.2, 0.25) is 0 Å². The fourth-order valence-electron chi connectivity index (χ4n) is 1.47. The van der Waals surface area contributed by atoms with Crippen molar-refractivity contribution in [1.29, 1.82) is 0 Å². The highest BCUT2D eigenvalue weighted by atomic mass is 16.7.